The van der Waals surface area contributed by atoms with Crippen LogP contribution in [-0.2, 0) is 6.54 Å². The van der Waals surface area contributed by atoms with Crippen LogP contribution in [0.1, 0.15) is 18.9 Å². The molecule has 20 heavy (non-hydrogen) atoms. The second kappa shape index (κ2) is 6.75. The van der Waals surface area contributed by atoms with Gasteiger partial charge < -0.3 is 10.6 Å². The van der Waals surface area contributed by atoms with E-state index in [-0.39, 0.29) is 5.82 Å². The number of nitrogens with zero attached hydrogens (tertiary/aromatic N) is 1. The van der Waals surface area contributed by atoms with Gasteiger partial charge in [-0.2, -0.15) is 0 Å². The lowest BCUT2D eigenvalue weighted by atomic mass is 10.1. The highest BCUT2D eigenvalue weighted by Gasteiger charge is 2.11. The summed E-state index contributed by atoms with van der Waals surface area (Å²) < 4.78 is 14.1. The fourth-order valence-corrected chi connectivity index (χ4v) is 2.52. The lowest BCUT2D eigenvalue weighted by molar-refractivity contribution is 0.616. The van der Waals surface area contributed by atoms with E-state index in [1.54, 1.807) is 6.07 Å². The molecule has 0 amide bonds. The molecule has 0 aliphatic rings. The van der Waals surface area contributed by atoms with E-state index in [1.165, 1.54) is 6.07 Å². The minimum absolute atomic E-state index is 0.226. The highest BCUT2D eigenvalue weighted by atomic mass is 79.9. The van der Waals surface area contributed by atoms with Crippen LogP contribution in [0.15, 0.2) is 46.9 Å². The number of rotatable bonds is 5. The molecule has 0 saturated heterocycles. The first-order valence-corrected chi connectivity index (χ1v) is 7.44. The van der Waals surface area contributed by atoms with Crippen molar-refractivity contribution in [1.82, 2.24) is 0 Å². The van der Waals surface area contributed by atoms with Crippen molar-refractivity contribution in [2.75, 3.05) is 17.2 Å². The summed E-state index contributed by atoms with van der Waals surface area (Å²) in [6.07, 6.45) is 1.03. The Morgan fingerprint density at radius 1 is 1.15 bits per heavy atom. The third-order valence-electron chi connectivity index (χ3n) is 3.14. The molecule has 0 aliphatic carbocycles. The molecule has 0 aliphatic heterocycles. The average Bonchev–Trinajstić information content (AvgIpc) is 2.44. The Balaban J connectivity index is 2.25. The van der Waals surface area contributed by atoms with Crippen LogP contribution in [0.3, 0.4) is 0 Å². The molecule has 2 N–H and O–H groups in total. The summed E-state index contributed by atoms with van der Waals surface area (Å²) in [6, 6.07) is 12.9. The molecule has 2 nitrogen and oxygen atoms in total. The van der Waals surface area contributed by atoms with Gasteiger partial charge in [-0.3, -0.25) is 0 Å². The van der Waals surface area contributed by atoms with Crippen molar-refractivity contribution in [3.05, 3.63) is 58.3 Å². The van der Waals surface area contributed by atoms with E-state index >= 15 is 0 Å². The number of nitrogen functional groups attached to an aromatic ring is 1. The first-order valence-electron chi connectivity index (χ1n) is 6.65. The Morgan fingerprint density at radius 2 is 1.85 bits per heavy atom. The van der Waals surface area contributed by atoms with Gasteiger partial charge in [0.05, 0.1) is 4.47 Å². The van der Waals surface area contributed by atoms with Crippen LogP contribution in [0.2, 0.25) is 0 Å². The smallest absolute Gasteiger partial charge is 0.137 e. The lowest BCUT2D eigenvalue weighted by Gasteiger charge is -2.25. The standard InChI is InChI=1S/C16H18BrFN2/c1-2-10-20(14-8-6-13(19)7-9-14)11-12-4-3-5-15(18)16(12)17/h3-9H,2,10-11,19H2,1H3. The van der Waals surface area contributed by atoms with Crippen molar-refractivity contribution >= 4 is 27.3 Å². The number of hydrogen-bond acceptors (Lipinski definition) is 2. The highest BCUT2D eigenvalue weighted by Crippen LogP contribution is 2.25. The molecule has 0 spiro atoms. The number of halogens is 2. The number of hydrogen-bond donors (Lipinski definition) is 1. The highest BCUT2D eigenvalue weighted by molar-refractivity contribution is 9.10. The summed E-state index contributed by atoms with van der Waals surface area (Å²) in [4.78, 5) is 2.22. The summed E-state index contributed by atoms with van der Waals surface area (Å²) in [7, 11) is 0. The van der Waals surface area contributed by atoms with Crippen molar-refractivity contribution in [3.8, 4) is 0 Å². The molecule has 0 fully saturated rings. The van der Waals surface area contributed by atoms with Crippen LogP contribution in [0.4, 0.5) is 15.8 Å². The molecule has 0 atom stereocenters. The Kier molecular flexibility index (Phi) is 5.01. The molecule has 0 aromatic heterocycles. The SMILES string of the molecule is CCCN(Cc1cccc(F)c1Br)c1ccc(N)cc1. The van der Waals surface area contributed by atoms with Crippen molar-refractivity contribution in [2.24, 2.45) is 0 Å². The summed E-state index contributed by atoms with van der Waals surface area (Å²) in [5.74, 6) is -0.226. The largest absolute Gasteiger partial charge is 0.399 e. The molecule has 2 aromatic carbocycles. The third kappa shape index (κ3) is 3.51. The fourth-order valence-electron chi connectivity index (χ4n) is 2.13. The van der Waals surface area contributed by atoms with Crippen LogP contribution >= 0.6 is 15.9 Å². The summed E-state index contributed by atoms with van der Waals surface area (Å²) >= 11 is 3.32. The van der Waals surface area contributed by atoms with Gasteiger partial charge in [0.25, 0.3) is 0 Å². The minimum atomic E-state index is -0.226. The van der Waals surface area contributed by atoms with E-state index < -0.39 is 0 Å². The maximum Gasteiger partial charge on any atom is 0.137 e. The van der Waals surface area contributed by atoms with Crippen molar-refractivity contribution < 1.29 is 4.39 Å². The fraction of sp³-hybridized carbons (Fsp3) is 0.250. The predicted octanol–water partition coefficient (Wildman–Crippen LogP) is 4.59. The van der Waals surface area contributed by atoms with E-state index in [4.69, 9.17) is 5.73 Å². The molecule has 2 aromatic rings. The molecule has 0 radical (unpaired) electrons. The van der Waals surface area contributed by atoms with Crippen LogP contribution in [0.5, 0.6) is 0 Å². The van der Waals surface area contributed by atoms with E-state index in [0.717, 1.165) is 29.9 Å². The van der Waals surface area contributed by atoms with E-state index in [9.17, 15) is 4.39 Å². The monoisotopic (exact) mass is 336 g/mol. The maximum atomic E-state index is 13.6. The van der Waals surface area contributed by atoms with E-state index in [0.29, 0.717) is 11.0 Å². The summed E-state index contributed by atoms with van der Waals surface area (Å²) in [5.41, 5.74) is 8.50. The lowest BCUT2D eigenvalue weighted by Crippen LogP contribution is -2.23. The Morgan fingerprint density at radius 3 is 2.50 bits per heavy atom. The first-order chi connectivity index (χ1) is 9.61. The zero-order chi connectivity index (χ0) is 14.5. The Labute approximate surface area is 127 Å². The van der Waals surface area contributed by atoms with Gasteiger partial charge >= 0.3 is 0 Å². The zero-order valence-electron chi connectivity index (χ0n) is 11.4. The predicted molar refractivity (Wildman–Crippen MR) is 86.3 cm³/mol. The van der Waals surface area contributed by atoms with Gasteiger partial charge in [-0.05, 0) is 58.2 Å². The molecule has 106 valence electrons. The molecule has 0 heterocycles. The van der Waals surface area contributed by atoms with Crippen LogP contribution in [-0.4, -0.2) is 6.54 Å². The van der Waals surface area contributed by atoms with Crippen LogP contribution in [0.25, 0.3) is 0 Å². The molecule has 2 rings (SSSR count). The topological polar surface area (TPSA) is 29.3 Å². The van der Waals surface area contributed by atoms with Crippen LogP contribution < -0.4 is 10.6 Å². The van der Waals surface area contributed by atoms with Crippen LogP contribution in [0, 0.1) is 5.82 Å². The first kappa shape index (κ1) is 14.9. The molecular formula is C16H18BrFN2. The van der Waals surface area contributed by atoms with Gasteiger partial charge in [0.2, 0.25) is 0 Å². The summed E-state index contributed by atoms with van der Waals surface area (Å²) in [6.45, 7) is 3.70. The zero-order valence-corrected chi connectivity index (χ0v) is 13.0. The molecule has 0 saturated carbocycles. The van der Waals surface area contributed by atoms with Crippen molar-refractivity contribution in [2.45, 2.75) is 19.9 Å². The third-order valence-corrected chi connectivity index (χ3v) is 4.03. The van der Waals surface area contributed by atoms with Gasteiger partial charge in [-0.25, -0.2) is 4.39 Å². The molecule has 0 unspecified atom stereocenters. The van der Waals surface area contributed by atoms with E-state index in [1.807, 2.05) is 30.3 Å². The van der Waals surface area contributed by atoms with Gasteiger partial charge in [0, 0.05) is 24.5 Å². The molecule has 4 heteroatoms. The average molecular weight is 337 g/mol. The summed E-state index contributed by atoms with van der Waals surface area (Å²) in [5, 5.41) is 0. The number of benzene rings is 2. The van der Waals surface area contributed by atoms with Gasteiger partial charge in [-0.15, -0.1) is 0 Å². The van der Waals surface area contributed by atoms with Gasteiger partial charge in [-0.1, -0.05) is 19.1 Å². The minimum Gasteiger partial charge on any atom is -0.399 e. The normalized spacial score (nSPS) is 10.6. The maximum absolute atomic E-state index is 13.6. The Bertz CT molecular complexity index is 569. The van der Waals surface area contributed by atoms with E-state index in [2.05, 4.69) is 27.8 Å². The number of nitrogens with two attached hydrogens (primary N) is 1. The second-order valence-corrected chi connectivity index (χ2v) is 5.52. The number of anilines is 2. The second-order valence-electron chi connectivity index (χ2n) is 4.73. The Hall–Kier alpha value is -1.55. The molecular weight excluding hydrogens is 319 g/mol. The van der Waals surface area contributed by atoms with Gasteiger partial charge in [0.15, 0.2) is 0 Å². The van der Waals surface area contributed by atoms with Crippen molar-refractivity contribution in [3.63, 3.8) is 0 Å². The van der Waals surface area contributed by atoms with Crippen molar-refractivity contribution in [1.29, 1.82) is 0 Å². The quantitative estimate of drug-likeness (QED) is 0.809. The van der Waals surface area contributed by atoms with Gasteiger partial charge in [0.1, 0.15) is 5.82 Å². The molecule has 0 bridgehead atoms.